The zero-order valence-corrected chi connectivity index (χ0v) is 30.1. The van der Waals surface area contributed by atoms with Gasteiger partial charge < -0.3 is 9.80 Å². The summed E-state index contributed by atoms with van der Waals surface area (Å²) < 4.78 is 0. The monoisotopic (exact) mass is 676 g/mol. The van der Waals surface area contributed by atoms with Crippen LogP contribution in [0.15, 0.2) is 158 Å². The lowest BCUT2D eigenvalue weighted by Gasteiger charge is -2.32. The first-order valence-electron chi connectivity index (χ1n) is 19.7. The molecule has 0 amide bonds. The molecule has 0 heterocycles. The fourth-order valence-electron chi connectivity index (χ4n) is 9.41. The molecule has 2 heteroatoms. The highest BCUT2D eigenvalue weighted by molar-refractivity contribution is 6.09. The van der Waals surface area contributed by atoms with Gasteiger partial charge in [-0.2, -0.15) is 0 Å². The first-order chi connectivity index (χ1) is 25.8. The molecular formula is C50H48N2. The molecule has 2 fully saturated rings. The van der Waals surface area contributed by atoms with Crippen LogP contribution in [0.1, 0.15) is 87.2 Å². The molecule has 0 atom stereocenters. The van der Waals surface area contributed by atoms with E-state index in [2.05, 4.69) is 168 Å². The number of hydrogen-bond acceptors (Lipinski definition) is 2. The van der Waals surface area contributed by atoms with Crippen LogP contribution >= 0.6 is 0 Å². The van der Waals surface area contributed by atoms with Gasteiger partial charge in [-0.15, -0.1) is 0 Å². The third-order valence-electron chi connectivity index (χ3n) is 11.8. The fraction of sp³-hybridized carbons (Fsp3) is 0.240. The average molecular weight is 677 g/mol. The largest absolute Gasteiger partial charge is 0.310 e. The lowest BCUT2D eigenvalue weighted by molar-refractivity contribution is 0.445. The topological polar surface area (TPSA) is 6.48 Å². The van der Waals surface area contributed by atoms with Gasteiger partial charge in [0.1, 0.15) is 0 Å². The van der Waals surface area contributed by atoms with E-state index < -0.39 is 0 Å². The maximum atomic E-state index is 2.56. The third kappa shape index (κ3) is 6.26. The van der Waals surface area contributed by atoms with Crippen LogP contribution in [-0.4, -0.2) is 0 Å². The van der Waals surface area contributed by atoms with Crippen molar-refractivity contribution < 1.29 is 0 Å². The summed E-state index contributed by atoms with van der Waals surface area (Å²) in [5.74, 6) is 1.11. The molecule has 0 unspecified atom stereocenters. The highest BCUT2D eigenvalue weighted by Gasteiger charge is 2.28. The van der Waals surface area contributed by atoms with Crippen molar-refractivity contribution in [1.82, 2.24) is 0 Å². The number of fused-ring (bicyclic) bond motifs is 2. The van der Waals surface area contributed by atoms with Crippen molar-refractivity contribution in [3.8, 4) is 0 Å². The van der Waals surface area contributed by atoms with E-state index in [1.807, 2.05) is 0 Å². The Bertz CT molecular complexity index is 2030. The Balaban J connectivity index is 1.34. The van der Waals surface area contributed by atoms with Gasteiger partial charge in [0.05, 0.1) is 0 Å². The van der Waals surface area contributed by atoms with E-state index in [1.54, 1.807) is 11.1 Å². The summed E-state index contributed by atoms with van der Waals surface area (Å²) in [6, 6.07) is 58.5. The van der Waals surface area contributed by atoms with E-state index in [9.17, 15) is 0 Å². The zero-order valence-electron chi connectivity index (χ0n) is 30.1. The van der Waals surface area contributed by atoms with E-state index >= 15 is 0 Å². The number of para-hydroxylation sites is 4. The van der Waals surface area contributed by atoms with Crippen LogP contribution in [0.3, 0.4) is 0 Å². The molecule has 7 aromatic rings. The number of hydrogen-bond donors (Lipinski definition) is 0. The fourth-order valence-corrected chi connectivity index (χ4v) is 9.41. The summed E-state index contributed by atoms with van der Waals surface area (Å²) in [7, 11) is 0. The normalized spacial score (nSPS) is 15.5. The molecule has 0 bridgehead atoms. The molecular weight excluding hydrogens is 629 g/mol. The maximum Gasteiger partial charge on any atom is 0.0468 e. The molecule has 2 aliphatic rings. The van der Waals surface area contributed by atoms with Crippen molar-refractivity contribution in [1.29, 1.82) is 0 Å². The van der Waals surface area contributed by atoms with Gasteiger partial charge in [0, 0.05) is 34.1 Å². The van der Waals surface area contributed by atoms with Crippen molar-refractivity contribution in [2.45, 2.75) is 76.0 Å². The van der Waals surface area contributed by atoms with Crippen molar-refractivity contribution in [3.63, 3.8) is 0 Å². The summed E-state index contributed by atoms with van der Waals surface area (Å²) in [5, 5.41) is 5.86. The zero-order chi connectivity index (χ0) is 34.7. The van der Waals surface area contributed by atoms with Crippen molar-refractivity contribution in [2.75, 3.05) is 9.80 Å². The van der Waals surface area contributed by atoms with Crippen LogP contribution in [0.5, 0.6) is 0 Å². The van der Waals surface area contributed by atoms with Gasteiger partial charge in [-0.25, -0.2) is 0 Å². The van der Waals surface area contributed by atoms with Crippen LogP contribution in [0.25, 0.3) is 21.5 Å². The summed E-state index contributed by atoms with van der Waals surface area (Å²) in [6.07, 6.45) is 13.0. The van der Waals surface area contributed by atoms with E-state index in [4.69, 9.17) is 0 Å². The van der Waals surface area contributed by atoms with E-state index in [-0.39, 0.29) is 0 Å². The Morgan fingerprint density at radius 1 is 0.288 bits per heavy atom. The van der Waals surface area contributed by atoms with Gasteiger partial charge in [0.2, 0.25) is 0 Å². The average Bonchev–Trinajstić information content (AvgIpc) is 3.22. The highest BCUT2D eigenvalue weighted by Crippen LogP contribution is 2.50. The Morgan fingerprint density at radius 3 is 0.923 bits per heavy atom. The van der Waals surface area contributed by atoms with Gasteiger partial charge in [-0.05, 0) is 143 Å². The number of nitrogens with zero attached hydrogens (tertiary/aromatic N) is 2. The number of rotatable bonds is 8. The summed E-state index contributed by atoms with van der Waals surface area (Å²) >= 11 is 0. The standard InChI is InChI=1S/C50H48N2/c1-7-19-37(20-8-1)49-45-33-31-43(51(39-23-11-3-12-24-39)40-25-13-4-14-26-40)35-47(45)50(38-21-9-2-10-22-38)48-36-44(32-34-46(48)49)52(41-27-15-5-16-28-41)42-29-17-6-18-30-42/h3-6,11-18,23-38H,1-2,7-10,19-22H2. The van der Waals surface area contributed by atoms with Gasteiger partial charge in [0.25, 0.3) is 0 Å². The molecule has 0 N–H and O–H groups in total. The minimum Gasteiger partial charge on any atom is -0.310 e. The van der Waals surface area contributed by atoms with Crippen LogP contribution < -0.4 is 9.80 Å². The summed E-state index contributed by atoms with van der Waals surface area (Å²) in [6.45, 7) is 0. The first-order valence-corrected chi connectivity index (χ1v) is 19.7. The minimum absolute atomic E-state index is 0.536. The SMILES string of the molecule is c1ccc(N(c2ccccc2)c2ccc3c(C4CCCCC4)c4ccc(N(c5ccccc5)c5ccccc5)cc4c(C4CCCCC4)c3c2)cc1. The second-order valence-electron chi connectivity index (χ2n) is 15.0. The molecule has 2 saturated carbocycles. The molecule has 0 radical (unpaired) electrons. The molecule has 2 aliphatic carbocycles. The lowest BCUT2D eigenvalue weighted by Crippen LogP contribution is -2.13. The molecule has 52 heavy (non-hydrogen) atoms. The van der Waals surface area contributed by atoms with Crippen molar-refractivity contribution in [2.24, 2.45) is 0 Å². The molecule has 2 nitrogen and oxygen atoms in total. The smallest absolute Gasteiger partial charge is 0.0468 e. The van der Waals surface area contributed by atoms with Gasteiger partial charge >= 0.3 is 0 Å². The van der Waals surface area contributed by atoms with E-state index in [0.717, 1.165) is 0 Å². The van der Waals surface area contributed by atoms with E-state index in [1.165, 1.54) is 120 Å². The Hall–Kier alpha value is -5.34. The second kappa shape index (κ2) is 14.7. The molecule has 0 aliphatic heterocycles. The minimum atomic E-state index is 0.536. The predicted octanol–water partition coefficient (Wildman–Crippen LogP) is 15.0. The molecule has 9 rings (SSSR count). The second-order valence-corrected chi connectivity index (χ2v) is 15.0. The van der Waals surface area contributed by atoms with Crippen LogP contribution in [0.2, 0.25) is 0 Å². The molecule has 0 saturated heterocycles. The predicted molar refractivity (Wildman–Crippen MR) is 222 cm³/mol. The third-order valence-corrected chi connectivity index (χ3v) is 11.8. The molecule has 0 spiro atoms. The quantitative estimate of drug-likeness (QED) is 0.148. The van der Waals surface area contributed by atoms with Crippen molar-refractivity contribution >= 4 is 55.7 Å². The first kappa shape index (κ1) is 32.6. The summed E-state index contributed by atoms with van der Waals surface area (Å²) in [4.78, 5) is 4.88. The van der Waals surface area contributed by atoms with Crippen molar-refractivity contribution in [3.05, 3.63) is 169 Å². The van der Waals surface area contributed by atoms with Gasteiger partial charge in [-0.3, -0.25) is 0 Å². The van der Waals surface area contributed by atoms with Crippen LogP contribution in [0, 0.1) is 0 Å². The molecule has 258 valence electrons. The highest BCUT2D eigenvalue weighted by atomic mass is 15.1. The number of anilines is 6. The molecule has 0 aromatic heterocycles. The van der Waals surface area contributed by atoms with Gasteiger partial charge in [0.15, 0.2) is 0 Å². The Labute approximate surface area is 309 Å². The van der Waals surface area contributed by atoms with Crippen LogP contribution in [-0.2, 0) is 0 Å². The Morgan fingerprint density at radius 2 is 0.596 bits per heavy atom. The van der Waals surface area contributed by atoms with Gasteiger partial charge in [-0.1, -0.05) is 123 Å². The lowest BCUT2D eigenvalue weighted by atomic mass is 9.74. The summed E-state index contributed by atoms with van der Waals surface area (Å²) in [5.41, 5.74) is 10.3. The Kier molecular flexibility index (Phi) is 9.22. The maximum absolute atomic E-state index is 2.56. The van der Waals surface area contributed by atoms with E-state index in [0.29, 0.717) is 11.8 Å². The number of benzene rings is 7. The molecule has 7 aromatic carbocycles. The van der Waals surface area contributed by atoms with Crippen LogP contribution in [0.4, 0.5) is 34.1 Å².